The van der Waals surface area contributed by atoms with E-state index >= 15 is 0 Å². The van der Waals surface area contributed by atoms with E-state index in [2.05, 4.69) is 5.32 Å². The van der Waals surface area contributed by atoms with Gasteiger partial charge in [0.2, 0.25) is 5.91 Å². The Morgan fingerprint density at radius 1 is 1.25 bits per heavy atom. The smallest absolute Gasteiger partial charge is 0.407 e. The van der Waals surface area contributed by atoms with Crippen molar-refractivity contribution >= 4 is 23.6 Å². The van der Waals surface area contributed by atoms with Gasteiger partial charge in [0.15, 0.2) is 0 Å². The van der Waals surface area contributed by atoms with Crippen LogP contribution in [-0.4, -0.2) is 41.4 Å². The number of hydrogen-bond donors (Lipinski definition) is 1. The van der Waals surface area contributed by atoms with Gasteiger partial charge in [-0.3, -0.25) is 4.79 Å². The molecule has 2 rings (SSSR count). The maximum atomic E-state index is 12.1. The van der Waals surface area contributed by atoms with E-state index in [-0.39, 0.29) is 30.5 Å². The average Bonchev–Trinajstić information content (AvgIpc) is 2.62. The first-order valence-corrected chi connectivity index (χ1v) is 9.01. The summed E-state index contributed by atoms with van der Waals surface area (Å²) in [5, 5.41) is 2.93. The summed E-state index contributed by atoms with van der Waals surface area (Å²) in [7, 11) is 0. The summed E-state index contributed by atoms with van der Waals surface area (Å²) < 4.78 is 5.30. The van der Waals surface area contributed by atoms with Crippen molar-refractivity contribution in [2.45, 2.75) is 51.3 Å². The molecular formula is C18H25ClN2O3. The molecule has 24 heavy (non-hydrogen) atoms. The summed E-state index contributed by atoms with van der Waals surface area (Å²) in [6, 6.07) is 9.45. The second-order valence-electron chi connectivity index (χ2n) is 5.98. The molecule has 0 saturated heterocycles. The third kappa shape index (κ3) is 5.13. The molecule has 0 spiro atoms. The molecule has 2 atom stereocenters. The van der Waals surface area contributed by atoms with Crippen LogP contribution in [0.2, 0.25) is 0 Å². The SMILES string of the molecule is CCN(C(=O)CCl)C1CCCCC1NC(=O)OCc1ccccc1. The quantitative estimate of drug-likeness (QED) is 0.799. The molecule has 2 amide bonds. The molecule has 0 heterocycles. The Bertz CT molecular complexity index is 538. The Morgan fingerprint density at radius 2 is 1.96 bits per heavy atom. The number of ether oxygens (including phenoxy) is 1. The summed E-state index contributed by atoms with van der Waals surface area (Å²) in [6.45, 7) is 2.76. The lowest BCUT2D eigenvalue weighted by Crippen LogP contribution is -2.55. The molecule has 0 aromatic heterocycles. The molecule has 2 unspecified atom stereocenters. The van der Waals surface area contributed by atoms with Gasteiger partial charge in [0.1, 0.15) is 12.5 Å². The monoisotopic (exact) mass is 352 g/mol. The van der Waals surface area contributed by atoms with E-state index in [0.29, 0.717) is 6.54 Å². The molecule has 1 aromatic carbocycles. The number of amides is 2. The van der Waals surface area contributed by atoms with Gasteiger partial charge < -0.3 is 15.0 Å². The van der Waals surface area contributed by atoms with Gasteiger partial charge in [-0.25, -0.2) is 4.79 Å². The van der Waals surface area contributed by atoms with Crippen LogP contribution in [0.3, 0.4) is 0 Å². The highest BCUT2D eigenvalue weighted by atomic mass is 35.5. The summed E-state index contributed by atoms with van der Waals surface area (Å²) in [4.78, 5) is 25.9. The lowest BCUT2D eigenvalue weighted by molar-refractivity contribution is -0.131. The van der Waals surface area contributed by atoms with Crippen molar-refractivity contribution in [3.05, 3.63) is 35.9 Å². The van der Waals surface area contributed by atoms with Gasteiger partial charge in [0, 0.05) is 6.54 Å². The standard InChI is InChI=1S/C18H25ClN2O3/c1-2-21(17(22)12-19)16-11-7-6-10-15(16)20-18(23)24-13-14-8-4-3-5-9-14/h3-5,8-9,15-16H,2,6-7,10-13H2,1H3,(H,20,23). The number of nitrogens with one attached hydrogen (secondary N) is 1. The van der Waals surface area contributed by atoms with Gasteiger partial charge in [0.25, 0.3) is 0 Å². The topological polar surface area (TPSA) is 58.6 Å². The van der Waals surface area contributed by atoms with Gasteiger partial charge in [-0.1, -0.05) is 43.2 Å². The summed E-state index contributed by atoms with van der Waals surface area (Å²) >= 11 is 5.71. The van der Waals surface area contributed by atoms with Crippen LogP contribution >= 0.6 is 11.6 Å². The van der Waals surface area contributed by atoms with Gasteiger partial charge in [-0.15, -0.1) is 11.6 Å². The normalized spacial score (nSPS) is 20.2. The number of carbonyl (C=O) groups excluding carboxylic acids is 2. The maximum Gasteiger partial charge on any atom is 0.407 e. The van der Waals surface area contributed by atoms with Crippen molar-refractivity contribution in [1.82, 2.24) is 10.2 Å². The van der Waals surface area contributed by atoms with E-state index in [1.165, 1.54) is 0 Å². The second kappa shape index (κ2) is 9.52. The predicted octanol–water partition coefficient (Wildman–Crippen LogP) is 3.31. The number of likely N-dealkylation sites (N-methyl/N-ethyl adjacent to an activating group) is 1. The minimum absolute atomic E-state index is 0.0146. The molecule has 1 N–H and O–H groups in total. The lowest BCUT2D eigenvalue weighted by Gasteiger charge is -2.39. The molecule has 1 aliphatic rings. The van der Waals surface area contributed by atoms with Crippen LogP contribution < -0.4 is 5.32 Å². The maximum absolute atomic E-state index is 12.1. The molecule has 132 valence electrons. The molecule has 1 saturated carbocycles. The van der Waals surface area contributed by atoms with Crippen LogP contribution in [-0.2, 0) is 16.1 Å². The number of halogens is 1. The van der Waals surface area contributed by atoms with Crippen LogP contribution in [0.4, 0.5) is 4.79 Å². The van der Waals surface area contributed by atoms with Crippen molar-refractivity contribution in [2.75, 3.05) is 12.4 Å². The molecule has 6 heteroatoms. The van der Waals surface area contributed by atoms with Crippen molar-refractivity contribution in [3.8, 4) is 0 Å². The summed E-state index contributed by atoms with van der Waals surface area (Å²) in [5.74, 6) is -0.120. The molecule has 1 aromatic rings. The van der Waals surface area contributed by atoms with Crippen LogP contribution in [0.15, 0.2) is 30.3 Å². The van der Waals surface area contributed by atoms with Gasteiger partial charge in [0.05, 0.1) is 12.1 Å². The number of alkyl halides is 1. The van der Waals surface area contributed by atoms with Crippen LogP contribution in [0.25, 0.3) is 0 Å². The first kappa shape index (κ1) is 18.6. The predicted molar refractivity (Wildman–Crippen MR) is 93.9 cm³/mol. The molecular weight excluding hydrogens is 328 g/mol. The fourth-order valence-corrected chi connectivity index (χ4v) is 3.39. The van der Waals surface area contributed by atoms with Crippen LogP contribution in [0.1, 0.15) is 38.2 Å². The third-order valence-corrected chi connectivity index (χ3v) is 4.65. The zero-order valence-electron chi connectivity index (χ0n) is 14.0. The van der Waals surface area contributed by atoms with Gasteiger partial charge in [-0.2, -0.15) is 0 Å². The summed E-state index contributed by atoms with van der Waals surface area (Å²) in [6.07, 6.45) is 3.36. The van der Waals surface area contributed by atoms with E-state index in [1.807, 2.05) is 37.3 Å². The number of rotatable bonds is 6. The Morgan fingerprint density at radius 3 is 2.62 bits per heavy atom. The minimum atomic E-state index is -0.440. The Kier molecular flexibility index (Phi) is 7.37. The summed E-state index contributed by atoms with van der Waals surface area (Å²) in [5.41, 5.74) is 0.945. The highest BCUT2D eigenvalue weighted by molar-refractivity contribution is 6.27. The molecule has 1 aliphatic carbocycles. The number of hydrogen-bond acceptors (Lipinski definition) is 3. The molecule has 0 aliphatic heterocycles. The molecule has 1 fully saturated rings. The van der Waals surface area contributed by atoms with Crippen LogP contribution in [0, 0.1) is 0 Å². The second-order valence-corrected chi connectivity index (χ2v) is 6.25. The highest BCUT2D eigenvalue weighted by Gasteiger charge is 2.33. The third-order valence-electron chi connectivity index (χ3n) is 4.42. The lowest BCUT2D eigenvalue weighted by atomic mass is 9.89. The first-order valence-electron chi connectivity index (χ1n) is 8.48. The number of carbonyl (C=O) groups is 2. The zero-order chi connectivity index (χ0) is 17.4. The fourth-order valence-electron chi connectivity index (χ4n) is 3.24. The number of benzene rings is 1. The Balaban J connectivity index is 1.92. The van der Waals surface area contributed by atoms with E-state index in [9.17, 15) is 9.59 Å². The van der Waals surface area contributed by atoms with Crippen molar-refractivity contribution in [1.29, 1.82) is 0 Å². The Hall–Kier alpha value is -1.75. The number of alkyl carbamates (subject to hydrolysis) is 1. The molecule has 0 radical (unpaired) electrons. The number of nitrogens with zero attached hydrogens (tertiary/aromatic N) is 1. The van der Waals surface area contributed by atoms with E-state index in [1.54, 1.807) is 4.90 Å². The minimum Gasteiger partial charge on any atom is -0.445 e. The van der Waals surface area contributed by atoms with Crippen molar-refractivity contribution in [3.63, 3.8) is 0 Å². The van der Waals surface area contributed by atoms with Crippen LogP contribution in [0.5, 0.6) is 0 Å². The first-order chi connectivity index (χ1) is 11.7. The fraction of sp³-hybridized carbons (Fsp3) is 0.556. The van der Waals surface area contributed by atoms with Crippen molar-refractivity contribution < 1.29 is 14.3 Å². The van der Waals surface area contributed by atoms with Gasteiger partial charge >= 0.3 is 6.09 Å². The van der Waals surface area contributed by atoms with Crippen molar-refractivity contribution in [2.24, 2.45) is 0 Å². The molecule has 5 nitrogen and oxygen atoms in total. The van der Waals surface area contributed by atoms with E-state index in [4.69, 9.17) is 16.3 Å². The average molecular weight is 353 g/mol. The largest absolute Gasteiger partial charge is 0.445 e. The van der Waals surface area contributed by atoms with E-state index in [0.717, 1.165) is 31.2 Å². The molecule has 0 bridgehead atoms. The zero-order valence-corrected chi connectivity index (χ0v) is 14.8. The Labute approximate surface area is 148 Å². The highest BCUT2D eigenvalue weighted by Crippen LogP contribution is 2.24. The van der Waals surface area contributed by atoms with Gasteiger partial charge in [-0.05, 0) is 25.3 Å². The van der Waals surface area contributed by atoms with E-state index < -0.39 is 6.09 Å².